The third kappa shape index (κ3) is 1.51. The fourth-order valence-corrected chi connectivity index (χ4v) is 2.60. The van der Waals surface area contributed by atoms with Gasteiger partial charge in [-0.15, -0.1) is 0 Å². The molecule has 3 nitrogen and oxygen atoms in total. The number of aromatic nitrogens is 1. The van der Waals surface area contributed by atoms with Gasteiger partial charge in [0, 0.05) is 23.6 Å². The summed E-state index contributed by atoms with van der Waals surface area (Å²) in [6, 6.07) is 11.8. The second-order valence-electron chi connectivity index (χ2n) is 4.39. The molecule has 0 N–H and O–H groups in total. The van der Waals surface area contributed by atoms with E-state index < -0.39 is 0 Å². The first-order valence-corrected chi connectivity index (χ1v) is 6.15. The third-order valence-electron chi connectivity index (χ3n) is 3.41. The highest BCUT2D eigenvalue weighted by Crippen LogP contribution is 2.38. The van der Waals surface area contributed by atoms with E-state index in [0.29, 0.717) is 0 Å². The summed E-state index contributed by atoms with van der Waals surface area (Å²) in [5.74, 6) is 0.0867. The first kappa shape index (κ1) is 11.0. The highest BCUT2D eigenvalue weighted by atomic mass is 16.2. The fourth-order valence-electron chi connectivity index (χ4n) is 2.60. The number of fused-ring (bicyclic) bond motifs is 1. The van der Waals surface area contributed by atoms with Crippen molar-refractivity contribution >= 4 is 11.6 Å². The molecule has 1 unspecified atom stereocenters. The van der Waals surface area contributed by atoms with Gasteiger partial charge in [-0.05, 0) is 30.2 Å². The number of carbonyl (C=O) groups is 1. The molecule has 1 atom stereocenters. The maximum atomic E-state index is 12.5. The number of hydrogen-bond acceptors (Lipinski definition) is 2. The van der Waals surface area contributed by atoms with Gasteiger partial charge in [0.05, 0.1) is 6.04 Å². The van der Waals surface area contributed by atoms with E-state index in [-0.39, 0.29) is 11.9 Å². The van der Waals surface area contributed by atoms with Crippen molar-refractivity contribution in [2.45, 2.75) is 19.4 Å². The molecule has 90 valence electrons. The van der Waals surface area contributed by atoms with Crippen molar-refractivity contribution in [2.75, 3.05) is 4.90 Å². The molecule has 2 heterocycles. The molecule has 2 aromatic rings. The number of nitrogens with zero attached hydrogens (tertiary/aromatic N) is 2. The van der Waals surface area contributed by atoms with Crippen molar-refractivity contribution in [3.05, 3.63) is 59.9 Å². The van der Waals surface area contributed by atoms with Gasteiger partial charge in [-0.25, -0.2) is 0 Å². The molecule has 0 spiro atoms. The number of amides is 1. The Kier molecular flexibility index (Phi) is 2.59. The predicted molar refractivity (Wildman–Crippen MR) is 70.5 cm³/mol. The molecule has 0 bridgehead atoms. The van der Waals surface area contributed by atoms with Crippen LogP contribution in [0.5, 0.6) is 0 Å². The van der Waals surface area contributed by atoms with Gasteiger partial charge in [0.2, 0.25) is 0 Å². The first-order chi connectivity index (χ1) is 8.83. The van der Waals surface area contributed by atoms with Crippen LogP contribution in [0.1, 0.15) is 35.3 Å². The Balaban J connectivity index is 2.11. The van der Waals surface area contributed by atoms with Crippen LogP contribution in [0, 0.1) is 0 Å². The molecular weight excluding hydrogens is 224 g/mol. The second kappa shape index (κ2) is 4.26. The molecule has 1 aromatic carbocycles. The SMILES string of the molecule is CCC1c2ccccc2C(=O)N1c1ccncc1. The molecule has 18 heavy (non-hydrogen) atoms. The molecule has 0 saturated carbocycles. The quantitative estimate of drug-likeness (QED) is 0.805. The van der Waals surface area contributed by atoms with Gasteiger partial charge in [0.1, 0.15) is 0 Å². The summed E-state index contributed by atoms with van der Waals surface area (Å²) in [6.45, 7) is 2.11. The number of benzene rings is 1. The predicted octanol–water partition coefficient (Wildman–Crippen LogP) is 3.19. The molecule has 1 aliphatic rings. The minimum Gasteiger partial charge on any atom is -0.301 e. The topological polar surface area (TPSA) is 33.2 Å². The normalized spacial score (nSPS) is 17.9. The lowest BCUT2D eigenvalue weighted by molar-refractivity contribution is 0.0990. The maximum absolute atomic E-state index is 12.5. The zero-order chi connectivity index (χ0) is 12.5. The fraction of sp³-hybridized carbons (Fsp3) is 0.200. The zero-order valence-electron chi connectivity index (χ0n) is 10.2. The van der Waals surface area contributed by atoms with Crippen LogP contribution in [0.3, 0.4) is 0 Å². The monoisotopic (exact) mass is 238 g/mol. The average molecular weight is 238 g/mol. The van der Waals surface area contributed by atoms with E-state index in [1.165, 1.54) is 0 Å². The minimum absolute atomic E-state index is 0.0867. The van der Waals surface area contributed by atoms with Crippen LogP contribution in [-0.4, -0.2) is 10.9 Å². The van der Waals surface area contributed by atoms with Gasteiger partial charge in [0.25, 0.3) is 5.91 Å². The van der Waals surface area contributed by atoms with Crippen LogP contribution in [0.4, 0.5) is 5.69 Å². The van der Waals surface area contributed by atoms with Gasteiger partial charge in [-0.2, -0.15) is 0 Å². The van der Waals surface area contributed by atoms with Crippen molar-refractivity contribution in [1.29, 1.82) is 0 Å². The zero-order valence-corrected chi connectivity index (χ0v) is 10.2. The largest absolute Gasteiger partial charge is 0.301 e. The molecule has 1 aromatic heterocycles. The molecular formula is C15H14N2O. The molecule has 0 aliphatic carbocycles. The van der Waals surface area contributed by atoms with E-state index in [2.05, 4.69) is 11.9 Å². The van der Waals surface area contributed by atoms with Crippen LogP contribution in [0.25, 0.3) is 0 Å². The van der Waals surface area contributed by atoms with Gasteiger partial charge >= 0.3 is 0 Å². The summed E-state index contributed by atoms with van der Waals surface area (Å²) in [7, 11) is 0. The Labute approximate surface area is 106 Å². The van der Waals surface area contributed by atoms with Crippen LogP contribution >= 0.6 is 0 Å². The summed E-state index contributed by atoms with van der Waals surface area (Å²) in [4.78, 5) is 18.3. The maximum Gasteiger partial charge on any atom is 0.259 e. The highest BCUT2D eigenvalue weighted by molar-refractivity contribution is 6.11. The van der Waals surface area contributed by atoms with Crippen molar-refractivity contribution in [1.82, 2.24) is 4.98 Å². The molecule has 0 saturated heterocycles. The van der Waals surface area contributed by atoms with E-state index in [0.717, 1.165) is 23.2 Å². The highest BCUT2D eigenvalue weighted by Gasteiger charge is 2.35. The van der Waals surface area contributed by atoms with Crippen LogP contribution in [0.15, 0.2) is 48.8 Å². The lowest BCUT2D eigenvalue weighted by Gasteiger charge is -2.24. The van der Waals surface area contributed by atoms with Crippen molar-refractivity contribution in [3.8, 4) is 0 Å². The van der Waals surface area contributed by atoms with Crippen LogP contribution in [-0.2, 0) is 0 Å². The summed E-state index contributed by atoms with van der Waals surface area (Å²) in [5, 5.41) is 0. The Hall–Kier alpha value is -2.16. The number of hydrogen-bond donors (Lipinski definition) is 0. The summed E-state index contributed by atoms with van der Waals surface area (Å²) in [6.07, 6.45) is 4.35. The van der Waals surface area contributed by atoms with Gasteiger partial charge in [-0.3, -0.25) is 9.78 Å². The second-order valence-corrected chi connectivity index (χ2v) is 4.39. The smallest absolute Gasteiger partial charge is 0.259 e. The van der Waals surface area contributed by atoms with Gasteiger partial charge in [0.15, 0.2) is 0 Å². The summed E-state index contributed by atoms with van der Waals surface area (Å²) < 4.78 is 0. The molecule has 0 fully saturated rings. The lowest BCUT2D eigenvalue weighted by atomic mass is 10.0. The Morgan fingerprint density at radius 2 is 1.89 bits per heavy atom. The van der Waals surface area contributed by atoms with Crippen LogP contribution in [0.2, 0.25) is 0 Å². The number of anilines is 1. The number of rotatable bonds is 2. The minimum atomic E-state index is 0.0867. The van der Waals surface area contributed by atoms with Crippen molar-refractivity contribution in [2.24, 2.45) is 0 Å². The number of pyridine rings is 1. The van der Waals surface area contributed by atoms with Gasteiger partial charge < -0.3 is 4.90 Å². The number of carbonyl (C=O) groups excluding carboxylic acids is 1. The molecule has 0 radical (unpaired) electrons. The van der Waals surface area contributed by atoms with E-state index >= 15 is 0 Å². The van der Waals surface area contributed by atoms with Gasteiger partial charge in [-0.1, -0.05) is 25.1 Å². The van der Waals surface area contributed by atoms with Crippen molar-refractivity contribution in [3.63, 3.8) is 0 Å². The lowest BCUT2D eigenvalue weighted by Crippen LogP contribution is -2.27. The van der Waals surface area contributed by atoms with E-state index in [4.69, 9.17) is 0 Å². The van der Waals surface area contributed by atoms with E-state index in [1.54, 1.807) is 12.4 Å². The van der Waals surface area contributed by atoms with E-state index in [9.17, 15) is 4.79 Å². The molecule has 1 aliphatic heterocycles. The Morgan fingerprint density at radius 1 is 1.17 bits per heavy atom. The first-order valence-electron chi connectivity index (χ1n) is 6.15. The molecule has 3 heteroatoms. The average Bonchev–Trinajstić information content (AvgIpc) is 2.73. The summed E-state index contributed by atoms with van der Waals surface area (Å²) in [5.41, 5.74) is 2.86. The molecule has 1 amide bonds. The van der Waals surface area contributed by atoms with Crippen LogP contribution < -0.4 is 4.90 Å². The third-order valence-corrected chi connectivity index (χ3v) is 3.41. The Bertz CT molecular complexity index is 580. The molecule has 3 rings (SSSR count). The Morgan fingerprint density at radius 3 is 2.61 bits per heavy atom. The van der Waals surface area contributed by atoms with E-state index in [1.807, 2.05) is 41.3 Å². The van der Waals surface area contributed by atoms with Crippen molar-refractivity contribution < 1.29 is 4.79 Å². The summed E-state index contributed by atoms with van der Waals surface area (Å²) >= 11 is 0. The standard InChI is InChI=1S/C15H14N2O/c1-2-14-12-5-3-4-6-13(12)15(18)17(14)11-7-9-16-10-8-11/h3-10,14H,2H2,1H3.